The van der Waals surface area contributed by atoms with Crippen molar-refractivity contribution in [2.24, 2.45) is 5.73 Å². The summed E-state index contributed by atoms with van der Waals surface area (Å²) < 4.78 is 27.4. The highest BCUT2D eigenvalue weighted by molar-refractivity contribution is 7.15. The molecule has 0 spiro atoms. The highest BCUT2D eigenvalue weighted by atomic mass is 32.1. The average Bonchev–Trinajstić information content (AvgIpc) is 2.73. The van der Waals surface area contributed by atoms with Gasteiger partial charge in [0.25, 0.3) is 0 Å². The van der Waals surface area contributed by atoms with Crippen LogP contribution in [-0.4, -0.2) is 4.98 Å². The summed E-state index contributed by atoms with van der Waals surface area (Å²) in [4.78, 5) is 5.18. The zero-order valence-electron chi connectivity index (χ0n) is 10.2. The van der Waals surface area contributed by atoms with Gasteiger partial charge in [-0.15, -0.1) is 11.3 Å². The number of aromatic nitrogens is 1. The molecule has 1 heterocycles. The minimum atomic E-state index is -0.595. The molecule has 18 heavy (non-hydrogen) atoms. The molecule has 0 bridgehead atoms. The van der Waals surface area contributed by atoms with Gasteiger partial charge in [0.15, 0.2) is 0 Å². The maximum absolute atomic E-state index is 13.7. The minimum Gasteiger partial charge on any atom is -0.323 e. The standard InChI is InChI=1S/C13H14F2N2S/c1-3-10-12(7(2)16)18-13(17-10)11-8(14)5-4-6-9(11)15/h4-7H,3,16H2,1-2H3. The topological polar surface area (TPSA) is 38.9 Å². The van der Waals surface area contributed by atoms with Gasteiger partial charge in [0.2, 0.25) is 0 Å². The molecule has 0 saturated heterocycles. The van der Waals surface area contributed by atoms with Crippen LogP contribution in [0, 0.1) is 11.6 Å². The van der Waals surface area contributed by atoms with E-state index in [9.17, 15) is 8.78 Å². The third-order valence-corrected chi connectivity index (χ3v) is 3.97. The average molecular weight is 268 g/mol. The van der Waals surface area contributed by atoms with Crippen LogP contribution in [0.15, 0.2) is 18.2 Å². The van der Waals surface area contributed by atoms with Crippen molar-refractivity contribution in [3.05, 3.63) is 40.4 Å². The van der Waals surface area contributed by atoms with Crippen LogP contribution in [0.5, 0.6) is 0 Å². The van der Waals surface area contributed by atoms with Crippen molar-refractivity contribution in [3.63, 3.8) is 0 Å². The lowest BCUT2D eigenvalue weighted by atomic mass is 10.2. The summed E-state index contributed by atoms with van der Waals surface area (Å²) in [5.41, 5.74) is 6.59. The Morgan fingerprint density at radius 2 is 1.94 bits per heavy atom. The summed E-state index contributed by atoms with van der Waals surface area (Å²) in [5, 5.41) is 0.356. The molecule has 2 rings (SSSR count). The third-order valence-electron chi connectivity index (χ3n) is 2.65. The molecule has 0 aliphatic carbocycles. The molecule has 2 N–H and O–H groups in total. The molecule has 0 aliphatic heterocycles. The number of nitrogens with two attached hydrogens (primary N) is 1. The second-order valence-electron chi connectivity index (χ2n) is 4.07. The number of benzene rings is 1. The fraction of sp³-hybridized carbons (Fsp3) is 0.308. The lowest BCUT2D eigenvalue weighted by molar-refractivity contribution is 0.589. The quantitative estimate of drug-likeness (QED) is 0.922. The molecule has 1 unspecified atom stereocenters. The van der Waals surface area contributed by atoms with Crippen LogP contribution >= 0.6 is 11.3 Å². The van der Waals surface area contributed by atoms with Gasteiger partial charge in [-0.25, -0.2) is 13.8 Å². The fourth-order valence-corrected chi connectivity index (χ4v) is 2.94. The highest BCUT2D eigenvalue weighted by Gasteiger charge is 2.19. The van der Waals surface area contributed by atoms with Gasteiger partial charge >= 0.3 is 0 Å². The smallest absolute Gasteiger partial charge is 0.136 e. The van der Waals surface area contributed by atoms with Crippen molar-refractivity contribution >= 4 is 11.3 Å². The number of rotatable bonds is 3. The summed E-state index contributed by atoms with van der Waals surface area (Å²) in [7, 11) is 0. The van der Waals surface area contributed by atoms with Crippen molar-refractivity contribution in [2.45, 2.75) is 26.3 Å². The molecule has 0 fully saturated rings. The van der Waals surface area contributed by atoms with Gasteiger partial charge in [-0.05, 0) is 25.5 Å². The second-order valence-corrected chi connectivity index (χ2v) is 5.10. The monoisotopic (exact) mass is 268 g/mol. The van der Waals surface area contributed by atoms with E-state index in [1.165, 1.54) is 29.5 Å². The van der Waals surface area contributed by atoms with Crippen molar-refractivity contribution in [1.82, 2.24) is 4.98 Å². The van der Waals surface area contributed by atoms with Gasteiger partial charge < -0.3 is 5.73 Å². The van der Waals surface area contributed by atoms with E-state index in [0.717, 1.165) is 10.6 Å². The van der Waals surface area contributed by atoms with E-state index in [1.54, 1.807) is 0 Å². The molecule has 0 aliphatic rings. The molecule has 0 amide bonds. The maximum atomic E-state index is 13.7. The number of thiazole rings is 1. The summed E-state index contributed by atoms with van der Waals surface area (Å²) >= 11 is 1.26. The molecular weight excluding hydrogens is 254 g/mol. The van der Waals surface area contributed by atoms with Crippen LogP contribution in [0.25, 0.3) is 10.6 Å². The number of nitrogens with zero attached hydrogens (tertiary/aromatic N) is 1. The Kier molecular flexibility index (Phi) is 3.73. The highest BCUT2D eigenvalue weighted by Crippen LogP contribution is 2.34. The largest absolute Gasteiger partial charge is 0.323 e. The molecule has 2 nitrogen and oxygen atoms in total. The first-order chi connectivity index (χ1) is 8.54. The number of aryl methyl sites for hydroxylation is 1. The third kappa shape index (κ3) is 2.28. The zero-order chi connectivity index (χ0) is 13.3. The number of hydrogen-bond donors (Lipinski definition) is 1. The van der Waals surface area contributed by atoms with E-state index >= 15 is 0 Å². The molecule has 0 saturated carbocycles. The van der Waals surface area contributed by atoms with E-state index in [-0.39, 0.29) is 11.6 Å². The Bertz CT molecular complexity index is 544. The van der Waals surface area contributed by atoms with Crippen molar-refractivity contribution in [1.29, 1.82) is 0 Å². The Hall–Kier alpha value is -1.33. The van der Waals surface area contributed by atoms with Crippen LogP contribution in [0.3, 0.4) is 0 Å². The first kappa shape index (κ1) is 13.1. The summed E-state index contributed by atoms with van der Waals surface area (Å²) in [6, 6.07) is 3.63. The molecule has 1 aromatic heterocycles. The van der Waals surface area contributed by atoms with Gasteiger partial charge in [0.1, 0.15) is 16.6 Å². The molecule has 2 aromatic rings. The fourth-order valence-electron chi connectivity index (χ4n) is 1.78. The Balaban J connectivity index is 2.58. The van der Waals surface area contributed by atoms with E-state index in [0.29, 0.717) is 11.4 Å². The molecule has 1 atom stereocenters. The van der Waals surface area contributed by atoms with Crippen molar-refractivity contribution in [3.8, 4) is 10.6 Å². The minimum absolute atomic E-state index is 0.0656. The number of halogens is 2. The number of hydrogen-bond acceptors (Lipinski definition) is 3. The van der Waals surface area contributed by atoms with Crippen LogP contribution in [0.4, 0.5) is 8.78 Å². The molecule has 96 valence electrons. The van der Waals surface area contributed by atoms with Gasteiger partial charge in [-0.2, -0.15) is 0 Å². The summed E-state index contributed by atoms with van der Waals surface area (Å²) in [5.74, 6) is -1.19. The van der Waals surface area contributed by atoms with E-state index in [2.05, 4.69) is 4.98 Å². The lowest BCUT2D eigenvalue weighted by Crippen LogP contribution is -2.05. The molecular formula is C13H14F2N2S. The predicted molar refractivity (Wildman–Crippen MR) is 69.4 cm³/mol. The van der Waals surface area contributed by atoms with Crippen LogP contribution in [0.2, 0.25) is 0 Å². The SMILES string of the molecule is CCc1nc(-c2c(F)cccc2F)sc1C(C)N. The van der Waals surface area contributed by atoms with Crippen LogP contribution < -0.4 is 5.73 Å². The molecule has 1 aromatic carbocycles. The van der Waals surface area contributed by atoms with Crippen LogP contribution in [0.1, 0.15) is 30.5 Å². The zero-order valence-corrected chi connectivity index (χ0v) is 11.0. The second kappa shape index (κ2) is 5.12. The Morgan fingerprint density at radius 3 is 2.39 bits per heavy atom. The predicted octanol–water partition coefficient (Wildman–Crippen LogP) is 3.67. The van der Waals surface area contributed by atoms with Gasteiger partial charge in [0, 0.05) is 10.9 Å². The van der Waals surface area contributed by atoms with Gasteiger partial charge in [0.05, 0.1) is 11.3 Å². The first-order valence-electron chi connectivity index (χ1n) is 5.74. The molecule has 5 heteroatoms. The van der Waals surface area contributed by atoms with Crippen molar-refractivity contribution in [2.75, 3.05) is 0 Å². The summed E-state index contributed by atoms with van der Waals surface area (Å²) in [6.07, 6.45) is 0.698. The first-order valence-corrected chi connectivity index (χ1v) is 6.55. The normalized spacial score (nSPS) is 12.7. The van der Waals surface area contributed by atoms with Crippen molar-refractivity contribution < 1.29 is 8.78 Å². The van der Waals surface area contributed by atoms with E-state index < -0.39 is 11.6 Å². The van der Waals surface area contributed by atoms with E-state index in [4.69, 9.17) is 5.73 Å². The summed E-state index contributed by atoms with van der Waals surface area (Å²) in [6.45, 7) is 3.79. The van der Waals surface area contributed by atoms with Gasteiger partial charge in [-0.3, -0.25) is 0 Å². The Morgan fingerprint density at radius 1 is 1.33 bits per heavy atom. The maximum Gasteiger partial charge on any atom is 0.136 e. The van der Waals surface area contributed by atoms with E-state index in [1.807, 2.05) is 13.8 Å². The lowest BCUT2D eigenvalue weighted by Gasteiger charge is -2.02. The molecule has 0 radical (unpaired) electrons. The van der Waals surface area contributed by atoms with Crippen LogP contribution in [-0.2, 0) is 6.42 Å². The Labute approximate surface area is 108 Å². The van der Waals surface area contributed by atoms with Gasteiger partial charge in [-0.1, -0.05) is 13.0 Å².